The van der Waals surface area contributed by atoms with Crippen LogP contribution in [0.3, 0.4) is 0 Å². The van der Waals surface area contributed by atoms with Crippen LogP contribution in [-0.2, 0) is 21.9 Å². The molecule has 0 spiro atoms. The molecule has 0 radical (unpaired) electrons. The highest BCUT2D eigenvalue weighted by Crippen LogP contribution is 2.41. The van der Waals surface area contributed by atoms with Gasteiger partial charge in [0.25, 0.3) is 0 Å². The third kappa shape index (κ3) is 7.35. The van der Waals surface area contributed by atoms with E-state index in [9.17, 15) is 18.4 Å². The van der Waals surface area contributed by atoms with E-state index in [4.69, 9.17) is 20.8 Å². The molecule has 0 unspecified atom stereocenters. The molecule has 1 aromatic heterocycles. The minimum atomic E-state index is -4.59. The van der Waals surface area contributed by atoms with Crippen LogP contribution in [0.15, 0.2) is 22.8 Å². The maximum Gasteiger partial charge on any atom is 0.417 e. The Hall–Kier alpha value is -1.91. The van der Waals surface area contributed by atoms with Gasteiger partial charge in [0.2, 0.25) is 5.95 Å². The summed E-state index contributed by atoms with van der Waals surface area (Å²) in [6.07, 6.45) is -2.68. The Morgan fingerprint density at radius 3 is 2.62 bits per heavy atom. The molecule has 0 saturated carbocycles. The van der Waals surface area contributed by atoms with Gasteiger partial charge in [-0.25, -0.2) is 4.98 Å². The van der Waals surface area contributed by atoms with Gasteiger partial charge in [-0.1, -0.05) is 32.4 Å². The normalized spacial score (nSPS) is 18.8. The molecule has 7 nitrogen and oxygen atoms in total. The van der Waals surface area contributed by atoms with Gasteiger partial charge < -0.3 is 19.8 Å². The number of rotatable bonds is 7. The van der Waals surface area contributed by atoms with Crippen molar-refractivity contribution in [2.24, 2.45) is 5.92 Å². The number of ether oxygens (including phenoxy) is 1. The third-order valence-electron chi connectivity index (χ3n) is 6.69. The molecule has 0 amide bonds. The summed E-state index contributed by atoms with van der Waals surface area (Å²) in [7, 11) is -2.21. The number of halogens is 5. The lowest BCUT2D eigenvalue weighted by atomic mass is 9.96. The molecule has 3 rings (SSSR count). The van der Waals surface area contributed by atoms with Gasteiger partial charge in [0.05, 0.1) is 43.0 Å². The van der Waals surface area contributed by atoms with Gasteiger partial charge in [0.15, 0.2) is 14.1 Å². The Labute approximate surface area is 229 Å². The van der Waals surface area contributed by atoms with E-state index in [1.54, 1.807) is 6.07 Å². The summed E-state index contributed by atoms with van der Waals surface area (Å²) in [6.45, 7) is 11.1. The summed E-state index contributed by atoms with van der Waals surface area (Å²) in [4.78, 5) is 8.46. The molecule has 0 bridgehead atoms. The molecule has 0 aliphatic carbocycles. The molecular weight excluding hydrogens is 591 g/mol. The van der Waals surface area contributed by atoms with Gasteiger partial charge in [0, 0.05) is 16.8 Å². The fraction of sp³-hybridized carbons (Fsp3) is 0.542. The van der Waals surface area contributed by atoms with Crippen molar-refractivity contribution < 1.29 is 22.3 Å². The van der Waals surface area contributed by atoms with Crippen molar-refractivity contribution in [2.45, 2.75) is 64.1 Å². The van der Waals surface area contributed by atoms with Gasteiger partial charge in [-0.15, -0.1) is 0 Å². The quantitative estimate of drug-likeness (QED) is 0.309. The highest BCUT2D eigenvalue weighted by molar-refractivity contribution is 9.10. The molecule has 1 aromatic carbocycles. The molecule has 1 fully saturated rings. The number of anilines is 3. The summed E-state index contributed by atoms with van der Waals surface area (Å²) in [5.74, 6) is 0.00821. The Kier molecular flexibility index (Phi) is 9.17. The fourth-order valence-electron chi connectivity index (χ4n) is 3.41. The van der Waals surface area contributed by atoms with Gasteiger partial charge in [0.1, 0.15) is 5.02 Å². The first kappa shape index (κ1) is 29.6. The zero-order chi connectivity index (χ0) is 27.6. The highest BCUT2D eigenvalue weighted by Gasteiger charge is 2.38. The first-order valence-electron chi connectivity index (χ1n) is 11.7. The smallest absolute Gasteiger partial charge is 0.413 e. The molecular formula is C24H30BrClF3N5O2Si. The Bertz CT molecular complexity index is 1170. The lowest BCUT2D eigenvalue weighted by Crippen LogP contribution is -2.40. The first-order chi connectivity index (χ1) is 17.1. The number of hydrogen-bond donors (Lipinski definition) is 2. The summed E-state index contributed by atoms with van der Waals surface area (Å²) >= 11 is 9.39. The summed E-state index contributed by atoms with van der Waals surface area (Å²) in [6, 6.07) is 4.49. The first-order valence-corrected chi connectivity index (χ1v) is 15.8. The van der Waals surface area contributed by atoms with E-state index >= 15 is 0 Å². The van der Waals surface area contributed by atoms with Crippen LogP contribution in [0, 0.1) is 17.2 Å². The van der Waals surface area contributed by atoms with Crippen LogP contribution in [-0.4, -0.2) is 37.5 Å². The van der Waals surface area contributed by atoms with E-state index in [1.165, 1.54) is 6.20 Å². The van der Waals surface area contributed by atoms with Crippen molar-refractivity contribution in [1.29, 1.82) is 5.26 Å². The van der Waals surface area contributed by atoms with Gasteiger partial charge in [-0.2, -0.15) is 23.4 Å². The zero-order valence-electron chi connectivity index (χ0n) is 21.3. The van der Waals surface area contributed by atoms with Gasteiger partial charge in [-0.05, 0) is 58.2 Å². The van der Waals surface area contributed by atoms with Gasteiger partial charge in [-0.3, -0.25) is 0 Å². The molecule has 1 saturated heterocycles. The van der Waals surface area contributed by atoms with E-state index in [2.05, 4.69) is 63.4 Å². The van der Waals surface area contributed by atoms with Gasteiger partial charge >= 0.3 is 6.18 Å². The number of benzene rings is 1. The molecule has 37 heavy (non-hydrogen) atoms. The van der Waals surface area contributed by atoms with Crippen LogP contribution >= 0.6 is 27.5 Å². The lowest BCUT2D eigenvalue weighted by molar-refractivity contribution is -0.138. The summed E-state index contributed by atoms with van der Waals surface area (Å²) in [5, 5.41) is 15.5. The van der Waals surface area contributed by atoms with E-state index in [0.29, 0.717) is 25.2 Å². The topological polar surface area (TPSA) is 92.1 Å². The number of nitriles is 1. The lowest BCUT2D eigenvalue weighted by Gasteiger charge is -2.36. The predicted molar refractivity (Wildman–Crippen MR) is 143 cm³/mol. The van der Waals surface area contributed by atoms with Crippen LogP contribution in [0.25, 0.3) is 0 Å². The minimum absolute atomic E-state index is 0.0151. The van der Waals surface area contributed by atoms with E-state index in [-0.39, 0.29) is 50.6 Å². The Balaban J connectivity index is 1.90. The second-order valence-electron chi connectivity index (χ2n) is 10.4. The van der Waals surface area contributed by atoms with Crippen molar-refractivity contribution in [1.82, 2.24) is 9.97 Å². The van der Waals surface area contributed by atoms with Crippen LogP contribution in [0.4, 0.5) is 30.6 Å². The number of nitrogens with one attached hydrogen (secondary N) is 2. The Morgan fingerprint density at radius 1 is 1.30 bits per heavy atom. The van der Waals surface area contributed by atoms with Crippen molar-refractivity contribution >= 4 is 53.3 Å². The van der Waals surface area contributed by atoms with Crippen LogP contribution in [0.5, 0.6) is 0 Å². The number of alkyl halides is 3. The van der Waals surface area contributed by atoms with Crippen LogP contribution in [0.2, 0.25) is 23.2 Å². The van der Waals surface area contributed by atoms with E-state index < -0.39 is 20.1 Å². The van der Waals surface area contributed by atoms with Crippen LogP contribution in [0.1, 0.15) is 38.3 Å². The maximum atomic E-state index is 13.9. The number of hydrogen-bond acceptors (Lipinski definition) is 7. The molecule has 202 valence electrons. The summed E-state index contributed by atoms with van der Waals surface area (Å²) < 4.78 is 53.2. The van der Waals surface area contributed by atoms with Crippen LogP contribution < -0.4 is 10.6 Å². The monoisotopic (exact) mass is 619 g/mol. The SMILES string of the molecule is CC(C)(C)[Si](C)(C)OCc1cc(Nc2ncc(Cl)c(N[C@@H]3COCC[C@H]3C#N)n2)cc(C(F)(F)F)c1Br. The predicted octanol–water partition coefficient (Wildman–Crippen LogP) is 7.52. The van der Waals surface area contributed by atoms with Crippen molar-refractivity contribution in [2.75, 3.05) is 23.8 Å². The summed E-state index contributed by atoms with van der Waals surface area (Å²) in [5.41, 5.74) is -0.339. The third-order valence-corrected chi connectivity index (χ3v) is 12.4. The molecule has 2 atom stereocenters. The standard InChI is InChI=1S/C24H30BrClF3N5O2Si/c1-23(2,3)37(4,5)36-12-15-8-16(9-17(20(15)25)24(27,28)29)32-22-31-11-18(26)21(34-22)33-19-13-35-7-6-14(19)10-30/h8-9,11,14,19H,6-7,12-13H2,1-5H3,(H2,31,32,33,34)/t14-,19+/m0/s1. The second kappa shape index (κ2) is 11.5. The largest absolute Gasteiger partial charge is 0.417 e. The highest BCUT2D eigenvalue weighted by atomic mass is 79.9. The van der Waals surface area contributed by atoms with Crippen molar-refractivity contribution in [3.05, 3.63) is 39.0 Å². The molecule has 13 heteroatoms. The van der Waals surface area contributed by atoms with E-state index in [0.717, 1.165) is 6.07 Å². The average molecular weight is 621 g/mol. The second-order valence-corrected chi connectivity index (χ2v) is 16.4. The molecule has 1 aliphatic rings. The molecule has 2 N–H and O–H groups in total. The number of aromatic nitrogens is 2. The molecule has 2 aromatic rings. The zero-order valence-corrected chi connectivity index (χ0v) is 24.6. The Morgan fingerprint density at radius 2 is 2.00 bits per heavy atom. The van der Waals surface area contributed by atoms with Crippen molar-refractivity contribution in [3.63, 3.8) is 0 Å². The molecule has 2 heterocycles. The fourth-order valence-corrected chi connectivity index (χ4v) is 5.07. The molecule has 1 aliphatic heterocycles. The van der Waals surface area contributed by atoms with Crippen molar-refractivity contribution in [3.8, 4) is 6.07 Å². The average Bonchev–Trinajstić information content (AvgIpc) is 2.80. The minimum Gasteiger partial charge on any atom is -0.413 e. The number of nitrogens with zero attached hydrogens (tertiary/aromatic N) is 3. The van der Waals surface area contributed by atoms with E-state index in [1.807, 2.05) is 13.1 Å². The maximum absolute atomic E-state index is 13.9.